The van der Waals surface area contributed by atoms with Gasteiger partial charge in [-0.2, -0.15) is 0 Å². The topological polar surface area (TPSA) is 115 Å². The molecule has 2 fully saturated rings. The number of nitrogens with zero attached hydrogens (tertiary/aromatic N) is 3. The van der Waals surface area contributed by atoms with Gasteiger partial charge in [-0.1, -0.05) is 61.9 Å². The Bertz CT molecular complexity index is 1400. The van der Waals surface area contributed by atoms with Crippen LogP contribution in [0.5, 0.6) is 0 Å². The Morgan fingerprint density at radius 1 is 1.02 bits per heavy atom. The van der Waals surface area contributed by atoms with Crippen molar-refractivity contribution in [3.63, 3.8) is 0 Å². The average molecular weight is 572 g/mol. The van der Waals surface area contributed by atoms with Crippen molar-refractivity contribution in [2.75, 3.05) is 25.5 Å². The van der Waals surface area contributed by atoms with Crippen LogP contribution >= 0.6 is 0 Å². The Hall–Kier alpha value is -3.82. The molecule has 9 heteroatoms. The lowest BCUT2D eigenvalue weighted by Crippen LogP contribution is -2.50. The van der Waals surface area contributed by atoms with E-state index < -0.39 is 24.1 Å². The van der Waals surface area contributed by atoms with Gasteiger partial charge in [0.1, 0.15) is 12.1 Å². The third-order valence-electron chi connectivity index (χ3n) is 8.56. The quantitative estimate of drug-likeness (QED) is 0.344. The third kappa shape index (κ3) is 6.97. The number of amides is 3. The normalized spacial score (nSPS) is 23.2. The number of carbonyl (C=O) groups is 3. The smallest absolute Gasteiger partial charge is 0.249 e. The van der Waals surface area contributed by atoms with Crippen LogP contribution in [0, 0.1) is 5.92 Å². The third-order valence-corrected chi connectivity index (χ3v) is 8.56. The minimum atomic E-state index is -1.18. The molecule has 42 heavy (non-hydrogen) atoms. The average Bonchev–Trinajstić information content (AvgIpc) is 3.59. The number of aryl methyl sites for hydroxylation is 1. The van der Waals surface area contributed by atoms with Crippen molar-refractivity contribution in [3.8, 4) is 0 Å². The number of rotatable bonds is 10. The Balaban J connectivity index is 1.28. The molecule has 222 valence electrons. The molecule has 9 nitrogen and oxygen atoms in total. The number of fused-ring (bicyclic) bond motifs is 1. The summed E-state index contributed by atoms with van der Waals surface area (Å²) in [5, 5.41) is 17.3. The molecular weight excluding hydrogens is 530 g/mol. The number of benzene rings is 2. The monoisotopic (exact) mass is 571 g/mol. The number of anilines is 1. The van der Waals surface area contributed by atoms with E-state index in [2.05, 4.69) is 27.4 Å². The van der Waals surface area contributed by atoms with Crippen molar-refractivity contribution in [1.82, 2.24) is 20.1 Å². The van der Waals surface area contributed by atoms with Crippen LogP contribution in [-0.4, -0.2) is 82.0 Å². The molecule has 0 saturated carbocycles. The highest BCUT2D eigenvalue weighted by atomic mass is 16.3. The Morgan fingerprint density at radius 2 is 1.79 bits per heavy atom. The van der Waals surface area contributed by atoms with Crippen LogP contribution in [0.4, 0.5) is 5.69 Å². The number of hydrogen-bond acceptors (Lipinski definition) is 6. The fraction of sp³-hybridized carbons (Fsp3) is 0.455. The number of carbonyl (C=O) groups excluding carboxylic acids is 3. The largest absolute Gasteiger partial charge is 0.383 e. The van der Waals surface area contributed by atoms with Gasteiger partial charge in [0.15, 0.2) is 0 Å². The maximum atomic E-state index is 13.9. The van der Waals surface area contributed by atoms with Gasteiger partial charge in [0, 0.05) is 24.5 Å². The van der Waals surface area contributed by atoms with Crippen molar-refractivity contribution in [1.29, 1.82) is 0 Å². The van der Waals surface area contributed by atoms with Gasteiger partial charge in [-0.05, 0) is 62.8 Å². The summed E-state index contributed by atoms with van der Waals surface area (Å²) in [6.07, 6.45) is 4.45. The number of nitrogens with one attached hydrogen (secondary N) is 2. The predicted molar refractivity (Wildman–Crippen MR) is 163 cm³/mol. The van der Waals surface area contributed by atoms with E-state index in [1.54, 1.807) is 11.1 Å². The lowest BCUT2D eigenvalue weighted by atomic mass is 10.00. The molecule has 3 aromatic rings. The SMILES string of the molecule is CCCC1C[C@@H](C(=O)N2C[C@H](NC(=O)[C@H](O)CCc3ccccc3)C[C@H]2C(=O)Nc2cnc3ccccc3c2)N(C)C1. The minimum Gasteiger partial charge on any atom is -0.383 e. The zero-order valence-corrected chi connectivity index (χ0v) is 24.4. The molecule has 3 N–H and O–H groups in total. The van der Waals surface area contributed by atoms with E-state index in [4.69, 9.17) is 0 Å². The van der Waals surface area contributed by atoms with Crippen molar-refractivity contribution < 1.29 is 19.5 Å². The van der Waals surface area contributed by atoms with Crippen molar-refractivity contribution in [3.05, 3.63) is 72.4 Å². The second-order valence-corrected chi connectivity index (χ2v) is 11.7. The molecule has 0 aliphatic carbocycles. The number of para-hydroxylation sites is 1. The molecular formula is C33H41N5O4. The summed E-state index contributed by atoms with van der Waals surface area (Å²) in [7, 11) is 1.96. The van der Waals surface area contributed by atoms with Crippen LogP contribution < -0.4 is 10.6 Å². The van der Waals surface area contributed by atoms with E-state index in [1.165, 1.54) is 0 Å². The fourth-order valence-corrected chi connectivity index (χ4v) is 6.38. The molecule has 1 aromatic heterocycles. The van der Waals surface area contributed by atoms with Crippen molar-refractivity contribution >= 4 is 34.3 Å². The summed E-state index contributed by atoms with van der Waals surface area (Å²) in [6, 6.07) is 17.7. The van der Waals surface area contributed by atoms with Gasteiger partial charge in [-0.15, -0.1) is 0 Å². The number of aliphatic hydroxyl groups excluding tert-OH is 1. The van der Waals surface area contributed by atoms with Crippen LogP contribution in [0.25, 0.3) is 10.9 Å². The molecule has 3 heterocycles. The fourth-order valence-electron chi connectivity index (χ4n) is 6.38. The van der Waals surface area contributed by atoms with Crippen LogP contribution in [0.2, 0.25) is 0 Å². The lowest BCUT2D eigenvalue weighted by Gasteiger charge is -2.29. The maximum absolute atomic E-state index is 13.9. The summed E-state index contributed by atoms with van der Waals surface area (Å²) in [5.41, 5.74) is 2.42. The number of pyridine rings is 1. The van der Waals surface area contributed by atoms with Crippen LogP contribution in [0.1, 0.15) is 44.6 Å². The standard InChI is InChI=1S/C33H41N5O4/c1-3-9-23-16-29(37(2)20-23)33(42)38-21-26(36-32(41)30(39)15-14-22-10-5-4-6-11-22)18-28(38)31(40)35-25-17-24-12-7-8-13-27(24)34-19-25/h4-8,10-13,17,19,23,26,28-30,39H,3,9,14-16,18,20-21H2,1-2H3,(H,35,40)(H,36,41)/t23?,26-,28+,29+,30-/m1/s1. The van der Waals surface area contributed by atoms with Gasteiger partial charge in [0.25, 0.3) is 0 Å². The molecule has 0 bridgehead atoms. The zero-order chi connectivity index (χ0) is 29.6. The summed E-state index contributed by atoms with van der Waals surface area (Å²) >= 11 is 0. The lowest BCUT2D eigenvalue weighted by molar-refractivity contribution is -0.140. The number of likely N-dealkylation sites (tertiary alicyclic amines) is 2. The molecule has 2 aliphatic heterocycles. The van der Waals surface area contributed by atoms with Gasteiger partial charge >= 0.3 is 0 Å². The van der Waals surface area contributed by atoms with Gasteiger partial charge in [0.05, 0.1) is 23.4 Å². The van der Waals surface area contributed by atoms with Crippen molar-refractivity contribution in [2.45, 2.75) is 69.7 Å². The minimum absolute atomic E-state index is 0.0886. The summed E-state index contributed by atoms with van der Waals surface area (Å²) in [6.45, 7) is 3.22. The summed E-state index contributed by atoms with van der Waals surface area (Å²) in [4.78, 5) is 48.6. The molecule has 2 aromatic carbocycles. The van der Waals surface area contributed by atoms with Crippen LogP contribution in [0.3, 0.4) is 0 Å². The van der Waals surface area contributed by atoms with E-state index in [1.807, 2.05) is 67.7 Å². The number of likely N-dealkylation sites (N-methyl/N-ethyl adjacent to an activating group) is 1. The van der Waals surface area contributed by atoms with Gasteiger partial charge in [-0.3, -0.25) is 24.3 Å². The Kier molecular flexibility index (Phi) is 9.49. The van der Waals surface area contributed by atoms with E-state index >= 15 is 0 Å². The van der Waals surface area contributed by atoms with E-state index in [0.29, 0.717) is 18.0 Å². The molecule has 3 amide bonds. The molecule has 2 saturated heterocycles. The predicted octanol–water partition coefficient (Wildman–Crippen LogP) is 3.37. The first-order chi connectivity index (χ1) is 20.3. The second kappa shape index (κ2) is 13.4. The number of aromatic nitrogens is 1. The van der Waals surface area contributed by atoms with E-state index in [-0.39, 0.29) is 37.2 Å². The van der Waals surface area contributed by atoms with E-state index in [0.717, 1.165) is 42.3 Å². The molecule has 1 unspecified atom stereocenters. The Labute approximate surface area is 247 Å². The van der Waals surface area contributed by atoms with Gasteiger partial charge in [0.2, 0.25) is 17.7 Å². The van der Waals surface area contributed by atoms with Crippen LogP contribution in [-0.2, 0) is 20.8 Å². The maximum Gasteiger partial charge on any atom is 0.249 e. The highest BCUT2D eigenvalue weighted by molar-refractivity contribution is 5.99. The Morgan fingerprint density at radius 3 is 2.57 bits per heavy atom. The molecule has 2 aliphatic rings. The first-order valence-electron chi connectivity index (χ1n) is 15.0. The highest BCUT2D eigenvalue weighted by Gasteiger charge is 2.45. The first kappa shape index (κ1) is 29.7. The van der Waals surface area contributed by atoms with E-state index in [9.17, 15) is 19.5 Å². The number of aliphatic hydroxyl groups is 1. The van der Waals surface area contributed by atoms with Gasteiger partial charge < -0.3 is 20.6 Å². The van der Waals surface area contributed by atoms with Gasteiger partial charge in [-0.25, -0.2) is 0 Å². The summed E-state index contributed by atoms with van der Waals surface area (Å²) in [5.74, 6) is -0.436. The number of hydrogen-bond donors (Lipinski definition) is 3. The second-order valence-electron chi connectivity index (χ2n) is 11.7. The molecule has 0 radical (unpaired) electrons. The highest BCUT2D eigenvalue weighted by Crippen LogP contribution is 2.30. The van der Waals surface area contributed by atoms with Crippen molar-refractivity contribution in [2.24, 2.45) is 5.92 Å². The first-order valence-corrected chi connectivity index (χ1v) is 15.0. The zero-order valence-electron chi connectivity index (χ0n) is 24.4. The molecule has 5 rings (SSSR count). The molecule has 0 spiro atoms. The van der Waals surface area contributed by atoms with Crippen LogP contribution in [0.15, 0.2) is 66.9 Å². The molecule has 5 atom stereocenters. The summed E-state index contributed by atoms with van der Waals surface area (Å²) < 4.78 is 0.